The molecule has 0 aliphatic heterocycles. The first-order valence-corrected chi connectivity index (χ1v) is 7.46. The second-order valence-electron chi connectivity index (χ2n) is 4.07. The quantitative estimate of drug-likeness (QED) is 0.323. The van der Waals surface area contributed by atoms with Crippen LogP contribution in [0.1, 0.15) is 33.1 Å². The van der Waals surface area contributed by atoms with Crippen molar-refractivity contribution >= 4 is 46.6 Å². The minimum atomic E-state index is 0.334. The molecule has 0 amide bonds. The lowest BCUT2D eigenvalue weighted by molar-refractivity contribution is 0.596. The molecule has 4 N–H and O–H groups in total. The van der Waals surface area contributed by atoms with Gasteiger partial charge in [-0.25, -0.2) is 0 Å². The molecule has 8 heteroatoms. The molecule has 0 aromatic carbocycles. The summed E-state index contributed by atoms with van der Waals surface area (Å²) in [4.78, 5) is 0. The zero-order chi connectivity index (χ0) is 15.4. The fourth-order valence-electron chi connectivity index (χ4n) is 1.52. The number of thiocarbonyl (C=S) groups is 2. The number of hydrogen-bond acceptors (Lipinski definition) is 4. The van der Waals surface area contributed by atoms with Crippen LogP contribution in [0.5, 0.6) is 0 Å². The highest BCUT2D eigenvalue weighted by Crippen LogP contribution is 2.12. The lowest BCUT2D eigenvalue weighted by atomic mass is 9.96. The molecule has 0 unspecified atom stereocenters. The van der Waals surface area contributed by atoms with Crippen molar-refractivity contribution in [3.05, 3.63) is 0 Å². The lowest BCUT2D eigenvalue weighted by Crippen LogP contribution is -2.32. The van der Waals surface area contributed by atoms with Crippen LogP contribution >= 0.6 is 24.4 Å². The SMILES string of the molecule is CCC[C@H](CC)C(/C=N/NC(=S)NC)=N\NC(=S)NC. The summed E-state index contributed by atoms with van der Waals surface area (Å²) in [5.41, 5.74) is 6.36. The molecule has 6 nitrogen and oxygen atoms in total. The third-order valence-corrected chi connectivity index (χ3v) is 3.24. The average molecular weight is 317 g/mol. The molecule has 0 saturated carbocycles. The van der Waals surface area contributed by atoms with E-state index in [4.69, 9.17) is 24.4 Å². The van der Waals surface area contributed by atoms with Crippen LogP contribution in [-0.4, -0.2) is 36.2 Å². The van der Waals surface area contributed by atoms with Crippen LogP contribution in [0.3, 0.4) is 0 Å². The van der Waals surface area contributed by atoms with E-state index in [0.717, 1.165) is 25.0 Å². The van der Waals surface area contributed by atoms with Gasteiger partial charge in [0.05, 0.1) is 11.9 Å². The smallest absolute Gasteiger partial charge is 0.186 e. The molecule has 0 rings (SSSR count). The summed E-state index contributed by atoms with van der Waals surface area (Å²) < 4.78 is 0. The van der Waals surface area contributed by atoms with Crippen molar-refractivity contribution in [2.75, 3.05) is 14.1 Å². The van der Waals surface area contributed by atoms with Gasteiger partial charge in [0.2, 0.25) is 0 Å². The van der Waals surface area contributed by atoms with Crippen LogP contribution in [0, 0.1) is 5.92 Å². The predicted octanol–water partition coefficient (Wildman–Crippen LogP) is 1.34. The van der Waals surface area contributed by atoms with Crippen molar-refractivity contribution in [1.29, 1.82) is 0 Å². The third-order valence-electron chi connectivity index (χ3n) is 2.65. The summed E-state index contributed by atoms with van der Waals surface area (Å²) in [7, 11) is 3.48. The highest BCUT2D eigenvalue weighted by Gasteiger charge is 2.12. The molecule has 0 aliphatic rings. The van der Waals surface area contributed by atoms with Crippen LogP contribution in [0.2, 0.25) is 0 Å². The second kappa shape index (κ2) is 11.5. The second-order valence-corrected chi connectivity index (χ2v) is 4.89. The summed E-state index contributed by atoms with van der Waals surface area (Å²) in [5.74, 6) is 0.334. The number of rotatable bonds is 7. The van der Waals surface area contributed by atoms with Gasteiger partial charge in [0.25, 0.3) is 0 Å². The van der Waals surface area contributed by atoms with Gasteiger partial charge in [-0.15, -0.1) is 0 Å². The van der Waals surface area contributed by atoms with Crippen molar-refractivity contribution in [3.63, 3.8) is 0 Å². The number of hydrogen-bond donors (Lipinski definition) is 4. The monoisotopic (exact) mass is 316 g/mol. The van der Waals surface area contributed by atoms with Gasteiger partial charge >= 0.3 is 0 Å². The molecule has 0 aromatic heterocycles. The molecular formula is C12H24N6S2. The van der Waals surface area contributed by atoms with Crippen LogP contribution in [0.15, 0.2) is 10.2 Å². The van der Waals surface area contributed by atoms with Gasteiger partial charge < -0.3 is 10.6 Å². The van der Waals surface area contributed by atoms with Gasteiger partial charge in [-0.3, -0.25) is 10.9 Å². The Bertz CT molecular complexity index is 367. The first-order chi connectivity index (χ1) is 9.58. The van der Waals surface area contributed by atoms with Crippen molar-refractivity contribution in [1.82, 2.24) is 21.5 Å². The first kappa shape index (κ1) is 18.7. The average Bonchev–Trinajstić information content (AvgIpc) is 2.47. The topological polar surface area (TPSA) is 72.8 Å². The number of hydrazone groups is 2. The van der Waals surface area contributed by atoms with E-state index in [1.54, 1.807) is 20.3 Å². The summed E-state index contributed by atoms with van der Waals surface area (Å²) >= 11 is 9.97. The van der Waals surface area contributed by atoms with Crippen LogP contribution in [-0.2, 0) is 0 Å². The lowest BCUT2D eigenvalue weighted by Gasteiger charge is -2.14. The Hall–Kier alpha value is -1.28. The van der Waals surface area contributed by atoms with Gasteiger partial charge in [0, 0.05) is 20.0 Å². The highest BCUT2D eigenvalue weighted by molar-refractivity contribution is 7.80. The third kappa shape index (κ3) is 8.00. The number of nitrogens with one attached hydrogen (secondary N) is 4. The highest BCUT2D eigenvalue weighted by atomic mass is 32.1. The van der Waals surface area contributed by atoms with E-state index in [1.165, 1.54) is 0 Å². The molecule has 0 spiro atoms. The van der Waals surface area contributed by atoms with E-state index in [2.05, 4.69) is 45.5 Å². The van der Waals surface area contributed by atoms with Gasteiger partial charge in [-0.05, 0) is 37.3 Å². The Balaban J connectivity index is 4.84. The molecule has 0 bridgehead atoms. The van der Waals surface area contributed by atoms with E-state index >= 15 is 0 Å². The molecule has 1 atom stereocenters. The molecule has 0 radical (unpaired) electrons. The maximum absolute atomic E-state index is 5.01. The van der Waals surface area contributed by atoms with Crippen LogP contribution in [0.25, 0.3) is 0 Å². The Labute approximate surface area is 131 Å². The largest absolute Gasteiger partial charge is 0.364 e. The van der Waals surface area contributed by atoms with Crippen molar-refractivity contribution in [2.24, 2.45) is 16.1 Å². The molecular weight excluding hydrogens is 292 g/mol. The Morgan fingerprint density at radius 3 is 2.20 bits per heavy atom. The summed E-state index contributed by atoms with van der Waals surface area (Å²) in [5, 5.41) is 14.9. The fraction of sp³-hybridized carbons (Fsp3) is 0.667. The molecule has 20 heavy (non-hydrogen) atoms. The maximum Gasteiger partial charge on any atom is 0.186 e. The summed E-state index contributed by atoms with van der Waals surface area (Å²) in [6.07, 6.45) is 4.80. The zero-order valence-electron chi connectivity index (χ0n) is 12.5. The molecule has 0 aliphatic carbocycles. The maximum atomic E-state index is 5.01. The van der Waals surface area contributed by atoms with E-state index in [9.17, 15) is 0 Å². The fourth-order valence-corrected chi connectivity index (χ4v) is 1.62. The van der Waals surface area contributed by atoms with E-state index < -0.39 is 0 Å². The van der Waals surface area contributed by atoms with E-state index in [0.29, 0.717) is 16.1 Å². The molecule has 0 fully saturated rings. The van der Waals surface area contributed by atoms with Crippen molar-refractivity contribution < 1.29 is 0 Å². The van der Waals surface area contributed by atoms with E-state index in [1.807, 2.05) is 0 Å². The Kier molecular flexibility index (Phi) is 10.8. The van der Waals surface area contributed by atoms with Gasteiger partial charge in [-0.2, -0.15) is 10.2 Å². The standard InChI is InChI=1S/C12H24N6S2/c1-5-7-9(6-2)10(16-18-12(20)14-4)8-15-17-11(19)13-3/h8-9H,5-7H2,1-4H3,(H2,13,17,19)(H2,14,18,20)/b15-8+,16-10-/t9-/m0/s1. The Morgan fingerprint density at radius 2 is 1.70 bits per heavy atom. The van der Waals surface area contributed by atoms with Crippen LogP contribution in [0.4, 0.5) is 0 Å². The van der Waals surface area contributed by atoms with Gasteiger partial charge in [0.1, 0.15) is 0 Å². The van der Waals surface area contributed by atoms with Crippen molar-refractivity contribution in [3.8, 4) is 0 Å². The molecule has 0 aromatic rings. The molecule has 0 heterocycles. The van der Waals surface area contributed by atoms with E-state index in [-0.39, 0.29) is 0 Å². The normalized spacial score (nSPS) is 12.9. The van der Waals surface area contributed by atoms with Gasteiger partial charge in [0.15, 0.2) is 10.2 Å². The first-order valence-electron chi connectivity index (χ1n) is 6.65. The number of nitrogens with zero attached hydrogens (tertiary/aromatic N) is 2. The Morgan fingerprint density at radius 1 is 1.10 bits per heavy atom. The van der Waals surface area contributed by atoms with Crippen molar-refractivity contribution in [2.45, 2.75) is 33.1 Å². The zero-order valence-corrected chi connectivity index (χ0v) is 14.1. The summed E-state index contributed by atoms with van der Waals surface area (Å²) in [6, 6.07) is 0. The minimum absolute atomic E-state index is 0.334. The predicted molar refractivity (Wildman–Crippen MR) is 94.2 cm³/mol. The summed E-state index contributed by atoms with van der Waals surface area (Å²) in [6.45, 7) is 4.28. The van der Waals surface area contributed by atoms with Gasteiger partial charge in [-0.1, -0.05) is 20.3 Å². The minimum Gasteiger partial charge on any atom is -0.364 e. The molecule has 0 saturated heterocycles. The molecule has 114 valence electrons. The van der Waals surface area contributed by atoms with Crippen LogP contribution < -0.4 is 21.5 Å².